The number of nitrogens with zero attached hydrogens (tertiary/aromatic N) is 1. The standard InChI is InChI=1S/C18H17N3O2/c1-2-23-18(22)14(12-19)13-20-16-9-6-10-17(11-16)21-15-7-4-3-5-8-15/h3-11,13,20-21H,2H2,1H3/b14-13+. The Morgan fingerprint density at radius 2 is 1.83 bits per heavy atom. The number of para-hydroxylation sites is 1. The van der Waals surface area contributed by atoms with Gasteiger partial charge in [0.2, 0.25) is 0 Å². The van der Waals surface area contributed by atoms with Gasteiger partial charge in [0.15, 0.2) is 5.57 Å². The van der Waals surface area contributed by atoms with Crippen molar-refractivity contribution in [3.8, 4) is 6.07 Å². The predicted octanol–water partition coefficient (Wildman–Crippen LogP) is 3.81. The molecule has 2 rings (SSSR count). The molecule has 0 aliphatic carbocycles. The number of rotatable bonds is 6. The molecule has 0 aromatic heterocycles. The highest BCUT2D eigenvalue weighted by atomic mass is 16.5. The Balaban J connectivity index is 2.08. The number of carbonyl (C=O) groups is 1. The van der Waals surface area contributed by atoms with Crippen LogP contribution in [-0.2, 0) is 9.53 Å². The molecule has 0 saturated carbocycles. The molecule has 0 bridgehead atoms. The first-order valence-electron chi connectivity index (χ1n) is 7.19. The maximum atomic E-state index is 11.5. The van der Waals surface area contributed by atoms with Crippen LogP contribution in [0.2, 0.25) is 0 Å². The van der Waals surface area contributed by atoms with Gasteiger partial charge in [-0.2, -0.15) is 5.26 Å². The van der Waals surface area contributed by atoms with Crippen molar-refractivity contribution in [2.45, 2.75) is 6.92 Å². The minimum atomic E-state index is -0.638. The van der Waals surface area contributed by atoms with Gasteiger partial charge in [-0.15, -0.1) is 0 Å². The van der Waals surface area contributed by atoms with E-state index >= 15 is 0 Å². The van der Waals surface area contributed by atoms with Gasteiger partial charge in [-0.1, -0.05) is 24.3 Å². The number of ether oxygens (including phenoxy) is 1. The van der Waals surface area contributed by atoms with Crippen LogP contribution in [0.15, 0.2) is 66.4 Å². The first kappa shape index (κ1) is 16.1. The van der Waals surface area contributed by atoms with Gasteiger partial charge in [-0.3, -0.25) is 0 Å². The molecular weight excluding hydrogens is 290 g/mol. The highest BCUT2D eigenvalue weighted by Gasteiger charge is 2.09. The number of anilines is 3. The monoisotopic (exact) mass is 307 g/mol. The molecule has 0 unspecified atom stereocenters. The summed E-state index contributed by atoms with van der Waals surface area (Å²) in [6, 6.07) is 19.1. The molecule has 0 atom stereocenters. The summed E-state index contributed by atoms with van der Waals surface area (Å²) in [6.45, 7) is 1.92. The largest absolute Gasteiger partial charge is 0.462 e. The van der Waals surface area contributed by atoms with Crippen LogP contribution >= 0.6 is 0 Å². The summed E-state index contributed by atoms with van der Waals surface area (Å²) < 4.78 is 4.80. The second-order valence-electron chi connectivity index (χ2n) is 4.61. The number of nitriles is 1. The molecule has 0 saturated heterocycles. The zero-order valence-corrected chi connectivity index (χ0v) is 12.7. The minimum absolute atomic E-state index is 0.0757. The Kier molecular flexibility index (Phi) is 5.78. The quantitative estimate of drug-likeness (QED) is 0.482. The van der Waals surface area contributed by atoms with Crippen LogP contribution in [0.25, 0.3) is 0 Å². The van der Waals surface area contributed by atoms with Crippen molar-refractivity contribution in [2.75, 3.05) is 17.2 Å². The Bertz CT molecular complexity index is 733. The molecule has 2 aromatic carbocycles. The van der Waals surface area contributed by atoms with E-state index in [4.69, 9.17) is 10.00 Å². The second-order valence-corrected chi connectivity index (χ2v) is 4.61. The average molecular weight is 307 g/mol. The third-order valence-corrected chi connectivity index (χ3v) is 2.92. The van der Waals surface area contributed by atoms with Gasteiger partial charge in [0.25, 0.3) is 0 Å². The van der Waals surface area contributed by atoms with Gasteiger partial charge >= 0.3 is 5.97 Å². The van der Waals surface area contributed by atoms with Gasteiger partial charge in [0.1, 0.15) is 6.07 Å². The van der Waals surface area contributed by atoms with Crippen LogP contribution < -0.4 is 10.6 Å². The van der Waals surface area contributed by atoms with Crippen molar-refractivity contribution in [3.63, 3.8) is 0 Å². The lowest BCUT2D eigenvalue weighted by molar-refractivity contribution is -0.138. The molecule has 0 amide bonds. The van der Waals surface area contributed by atoms with E-state index in [1.165, 1.54) is 6.20 Å². The van der Waals surface area contributed by atoms with E-state index in [9.17, 15) is 4.79 Å². The lowest BCUT2D eigenvalue weighted by Gasteiger charge is -2.08. The van der Waals surface area contributed by atoms with Crippen LogP contribution in [0, 0.1) is 11.3 Å². The topological polar surface area (TPSA) is 74.2 Å². The maximum absolute atomic E-state index is 11.5. The number of esters is 1. The molecule has 0 aliphatic heterocycles. The summed E-state index contributed by atoms with van der Waals surface area (Å²) in [4.78, 5) is 11.5. The Morgan fingerprint density at radius 1 is 1.13 bits per heavy atom. The van der Waals surface area contributed by atoms with E-state index in [1.54, 1.807) is 6.92 Å². The Labute approximate surface area is 135 Å². The average Bonchev–Trinajstić information content (AvgIpc) is 2.57. The third-order valence-electron chi connectivity index (χ3n) is 2.92. The van der Waals surface area contributed by atoms with Gasteiger partial charge in [0, 0.05) is 23.3 Å². The van der Waals surface area contributed by atoms with E-state index in [-0.39, 0.29) is 12.2 Å². The molecule has 0 spiro atoms. The molecule has 23 heavy (non-hydrogen) atoms. The van der Waals surface area contributed by atoms with E-state index in [1.807, 2.05) is 60.7 Å². The first-order chi connectivity index (χ1) is 11.2. The number of carbonyl (C=O) groups excluding carboxylic acids is 1. The second kappa shape index (κ2) is 8.25. The first-order valence-corrected chi connectivity index (χ1v) is 7.19. The fourth-order valence-corrected chi connectivity index (χ4v) is 1.88. The fraction of sp³-hybridized carbons (Fsp3) is 0.111. The van der Waals surface area contributed by atoms with E-state index in [0.717, 1.165) is 17.1 Å². The summed E-state index contributed by atoms with van der Waals surface area (Å²) in [5.74, 6) is -0.638. The number of hydrogen-bond acceptors (Lipinski definition) is 5. The molecule has 2 N–H and O–H groups in total. The molecule has 0 heterocycles. The van der Waals surface area contributed by atoms with Crippen molar-refractivity contribution < 1.29 is 9.53 Å². The third kappa shape index (κ3) is 4.90. The van der Waals surface area contributed by atoms with Crippen LogP contribution in [0.3, 0.4) is 0 Å². The van der Waals surface area contributed by atoms with Gasteiger partial charge in [-0.25, -0.2) is 4.79 Å². The van der Waals surface area contributed by atoms with Crippen LogP contribution in [-0.4, -0.2) is 12.6 Å². The molecule has 0 fully saturated rings. The summed E-state index contributed by atoms with van der Waals surface area (Å²) in [5, 5.41) is 15.2. The van der Waals surface area contributed by atoms with Crippen molar-refractivity contribution >= 4 is 23.0 Å². The molecule has 5 heteroatoms. The Hall–Kier alpha value is -3.26. The van der Waals surface area contributed by atoms with E-state index in [0.29, 0.717) is 0 Å². The lowest BCUT2D eigenvalue weighted by Crippen LogP contribution is -2.07. The van der Waals surface area contributed by atoms with E-state index < -0.39 is 5.97 Å². The normalized spacial score (nSPS) is 10.5. The van der Waals surface area contributed by atoms with Crippen LogP contribution in [0.4, 0.5) is 17.1 Å². The molecular formula is C18H17N3O2. The molecule has 0 radical (unpaired) electrons. The van der Waals surface area contributed by atoms with Crippen molar-refractivity contribution in [2.24, 2.45) is 0 Å². The van der Waals surface area contributed by atoms with Gasteiger partial charge < -0.3 is 15.4 Å². The van der Waals surface area contributed by atoms with Gasteiger partial charge in [0.05, 0.1) is 6.61 Å². The van der Waals surface area contributed by atoms with Gasteiger partial charge in [-0.05, 0) is 37.3 Å². The Morgan fingerprint density at radius 3 is 2.52 bits per heavy atom. The zero-order chi connectivity index (χ0) is 16.5. The summed E-state index contributed by atoms with van der Waals surface area (Å²) >= 11 is 0. The molecule has 116 valence electrons. The number of benzene rings is 2. The minimum Gasteiger partial charge on any atom is -0.462 e. The summed E-state index contributed by atoms with van der Waals surface area (Å²) in [7, 11) is 0. The highest BCUT2D eigenvalue weighted by molar-refractivity contribution is 5.93. The van der Waals surface area contributed by atoms with Crippen molar-refractivity contribution in [1.29, 1.82) is 5.26 Å². The lowest BCUT2D eigenvalue weighted by atomic mass is 10.2. The predicted molar refractivity (Wildman–Crippen MR) is 90.1 cm³/mol. The smallest absolute Gasteiger partial charge is 0.350 e. The van der Waals surface area contributed by atoms with Crippen molar-refractivity contribution in [3.05, 3.63) is 66.4 Å². The fourth-order valence-electron chi connectivity index (χ4n) is 1.88. The highest BCUT2D eigenvalue weighted by Crippen LogP contribution is 2.20. The summed E-state index contributed by atoms with van der Waals surface area (Å²) in [6.07, 6.45) is 1.35. The number of hydrogen-bond donors (Lipinski definition) is 2. The van der Waals surface area contributed by atoms with Crippen LogP contribution in [0.5, 0.6) is 0 Å². The van der Waals surface area contributed by atoms with Crippen molar-refractivity contribution in [1.82, 2.24) is 0 Å². The summed E-state index contributed by atoms with van der Waals surface area (Å²) in [5.41, 5.74) is 2.55. The van der Waals surface area contributed by atoms with E-state index in [2.05, 4.69) is 10.6 Å². The van der Waals surface area contributed by atoms with Crippen LogP contribution in [0.1, 0.15) is 6.92 Å². The molecule has 5 nitrogen and oxygen atoms in total. The molecule has 0 aliphatic rings. The maximum Gasteiger partial charge on any atom is 0.350 e. The zero-order valence-electron chi connectivity index (χ0n) is 12.7. The molecule has 2 aromatic rings. The SMILES string of the molecule is CCOC(=O)/C(C#N)=C/Nc1cccc(Nc2ccccc2)c1. The number of nitrogens with one attached hydrogen (secondary N) is 2.